The van der Waals surface area contributed by atoms with E-state index in [0.717, 1.165) is 5.56 Å². The molecule has 1 aromatic carbocycles. The third-order valence-corrected chi connectivity index (χ3v) is 3.71. The van der Waals surface area contributed by atoms with Gasteiger partial charge in [0.1, 0.15) is 5.75 Å². The van der Waals surface area contributed by atoms with Crippen molar-refractivity contribution in [1.29, 1.82) is 0 Å². The van der Waals surface area contributed by atoms with Crippen LogP contribution in [0.25, 0.3) is 0 Å². The Bertz CT molecular complexity index is 598. The van der Waals surface area contributed by atoms with Gasteiger partial charge in [0.25, 0.3) is 0 Å². The van der Waals surface area contributed by atoms with Gasteiger partial charge < -0.3 is 4.74 Å². The number of sulfonamides is 1. The van der Waals surface area contributed by atoms with E-state index in [1.54, 1.807) is 19.1 Å². The lowest BCUT2D eigenvalue weighted by molar-refractivity contribution is 0.324. The first-order valence-corrected chi connectivity index (χ1v) is 7.55. The zero-order chi connectivity index (χ0) is 14.6. The third-order valence-electron chi connectivity index (χ3n) is 2.74. The Hall–Kier alpha value is -1.51. The maximum absolute atomic E-state index is 11.6. The van der Waals surface area contributed by atoms with Crippen molar-refractivity contribution in [3.8, 4) is 18.1 Å². The van der Waals surface area contributed by atoms with Crippen molar-refractivity contribution in [2.24, 2.45) is 5.14 Å². The van der Waals surface area contributed by atoms with Gasteiger partial charge >= 0.3 is 0 Å². The van der Waals surface area contributed by atoms with Crippen LogP contribution in [0.1, 0.15) is 37.3 Å². The third kappa shape index (κ3) is 3.98. The van der Waals surface area contributed by atoms with Crippen LogP contribution in [0.4, 0.5) is 0 Å². The number of rotatable bonds is 5. The molecular formula is C14H19NO3S. The molecule has 104 valence electrons. The molecule has 0 aromatic heterocycles. The van der Waals surface area contributed by atoms with E-state index in [1.807, 2.05) is 13.8 Å². The van der Waals surface area contributed by atoms with Crippen molar-refractivity contribution in [3.05, 3.63) is 23.3 Å². The summed E-state index contributed by atoms with van der Waals surface area (Å²) < 4.78 is 28.7. The van der Waals surface area contributed by atoms with E-state index in [9.17, 15) is 8.42 Å². The highest BCUT2D eigenvalue weighted by Crippen LogP contribution is 2.30. The molecule has 2 N–H and O–H groups in total. The van der Waals surface area contributed by atoms with Gasteiger partial charge in [0.2, 0.25) is 10.0 Å². The molecule has 1 aromatic rings. The lowest BCUT2D eigenvalue weighted by atomic mass is 10.0. The fourth-order valence-corrected chi connectivity index (χ4v) is 2.71. The fraction of sp³-hybridized carbons (Fsp3) is 0.429. The van der Waals surface area contributed by atoms with Crippen molar-refractivity contribution in [2.45, 2.75) is 38.0 Å². The zero-order valence-corrected chi connectivity index (χ0v) is 12.3. The Morgan fingerprint density at radius 2 is 2.05 bits per heavy atom. The average Bonchev–Trinajstić information content (AvgIpc) is 2.29. The highest BCUT2D eigenvalue weighted by atomic mass is 32.2. The Morgan fingerprint density at radius 1 is 1.42 bits per heavy atom. The lowest BCUT2D eigenvalue weighted by Gasteiger charge is -2.16. The predicted octanol–water partition coefficient (Wildman–Crippen LogP) is 2.17. The second-order valence-electron chi connectivity index (χ2n) is 4.66. The van der Waals surface area contributed by atoms with Gasteiger partial charge in [-0.15, -0.1) is 12.3 Å². The number of benzene rings is 1. The fourth-order valence-electron chi connectivity index (χ4n) is 1.75. The quantitative estimate of drug-likeness (QED) is 0.664. The van der Waals surface area contributed by atoms with Crippen molar-refractivity contribution >= 4 is 10.0 Å². The van der Waals surface area contributed by atoms with E-state index in [1.165, 1.54) is 0 Å². The summed E-state index contributed by atoms with van der Waals surface area (Å²) in [6.45, 7) is 6.00. The minimum absolute atomic E-state index is 0.0314. The number of aryl methyl sites for hydroxylation is 1. The maximum atomic E-state index is 11.6. The van der Waals surface area contributed by atoms with Crippen LogP contribution in [0, 0.1) is 19.3 Å². The minimum Gasteiger partial charge on any atom is -0.492 e. The minimum atomic E-state index is -3.73. The molecule has 0 heterocycles. The highest BCUT2D eigenvalue weighted by molar-refractivity contribution is 7.89. The summed E-state index contributed by atoms with van der Waals surface area (Å²) in [5.74, 6) is 3.17. The summed E-state index contributed by atoms with van der Waals surface area (Å²) in [5, 5.41) is 5.24. The summed E-state index contributed by atoms with van der Waals surface area (Å²) in [6.07, 6.45) is 5.67. The summed E-state index contributed by atoms with van der Waals surface area (Å²) in [7, 11) is -3.73. The van der Waals surface area contributed by atoms with Crippen LogP contribution in [0.3, 0.4) is 0 Å². The van der Waals surface area contributed by atoms with E-state index in [4.69, 9.17) is 16.3 Å². The molecule has 0 unspecified atom stereocenters. The molecule has 5 heteroatoms. The van der Waals surface area contributed by atoms with Gasteiger partial charge in [-0.3, -0.25) is 0 Å². The highest BCUT2D eigenvalue weighted by Gasteiger charge is 2.19. The van der Waals surface area contributed by atoms with Gasteiger partial charge in [0.05, 0.1) is 11.5 Å². The largest absolute Gasteiger partial charge is 0.492 e. The molecule has 0 aliphatic carbocycles. The first kappa shape index (κ1) is 15.5. The molecule has 0 aliphatic rings. The second-order valence-corrected chi connectivity index (χ2v) is 6.19. The van der Waals surface area contributed by atoms with Crippen molar-refractivity contribution in [1.82, 2.24) is 0 Å². The first-order valence-electron chi connectivity index (χ1n) is 6.01. The number of hydrogen-bond donors (Lipinski definition) is 1. The molecule has 19 heavy (non-hydrogen) atoms. The topological polar surface area (TPSA) is 69.4 Å². The standard InChI is InChI=1S/C14H19NO3S/c1-5-6-7-18-13-9-12(10(2)3)14(8-11(13)4)19(15,16)17/h1,8-10H,6-7H2,2-4H3,(H2,15,16,17). The van der Waals surface area contributed by atoms with Crippen LogP contribution < -0.4 is 9.88 Å². The van der Waals surface area contributed by atoms with Crippen LogP contribution in [0.5, 0.6) is 5.75 Å². The van der Waals surface area contributed by atoms with Gasteiger partial charge in [-0.05, 0) is 36.1 Å². The average molecular weight is 281 g/mol. The van der Waals surface area contributed by atoms with Crippen LogP contribution in [-0.2, 0) is 10.0 Å². The Morgan fingerprint density at radius 3 is 2.53 bits per heavy atom. The first-order chi connectivity index (χ1) is 8.77. The maximum Gasteiger partial charge on any atom is 0.238 e. The molecule has 4 nitrogen and oxygen atoms in total. The number of primary sulfonamides is 1. The smallest absolute Gasteiger partial charge is 0.238 e. The molecule has 0 radical (unpaired) electrons. The van der Waals surface area contributed by atoms with E-state index < -0.39 is 10.0 Å². The van der Waals surface area contributed by atoms with Crippen LogP contribution >= 0.6 is 0 Å². The van der Waals surface area contributed by atoms with Gasteiger partial charge in [-0.2, -0.15) is 0 Å². The Kier molecular flexibility index (Phi) is 4.98. The predicted molar refractivity (Wildman–Crippen MR) is 75.6 cm³/mol. The molecule has 0 bridgehead atoms. The molecule has 0 atom stereocenters. The van der Waals surface area contributed by atoms with E-state index in [-0.39, 0.29) is 10.8 Å². The molecule has 0 fully saturated rings. The van der Waals surface area contributed by atoms with Crippen molar-refractivity contribution in [2.75, 3.05) is 6.61 Å². The zero-order valence-electron chi connectivity index (χ0n) is 11.4. The van der Waals surface area contributed by atoms with E-state index >= 15 is 0 Å². The Labute approximate surface area is 115 Å². The van der Waals surface area contributed by atoms with E-state index in [2.05, 4.69) is 5.92 Å². The Balaban J connectivity index is 3.26. The number of hydrogen-bond acceptors (Lipinski definition) is 3. The summed E-state index contributed by atoms with van der Waals surface area (Å²) >= 11 is 0. The van der Waals surface area contributed by atoms with Gasteiger partial charge in [0.15, 0.2) is 0 Å². The number of terminal acetylenes is 1. The molecule has 1 rings (SSSR count). The summed E-state index contributed by atoms with van der Waals surface area (Å²) in [4.78, 5) is 0.157. The molecule has 0 spiro atoms. The van der Waals surface area contributed by atoms with Crippen molar-refractivity contribution in [3.63, 3.8) is 0 Å². The van der Waals surface area contributed by atoms with E-state index in [0.29, 0.717) is 24.3 Å². The second kappa shape index (κ2) is 6.09. The SMILES string of the molecule is C#CCCOc1cc(C(C)C)c(S(N)(=O)=O)cc1C. The van der Waals surface area contributed by atoms with Gasteiger partial charge in [-0.25, -0.2) is 13.6 Å². The lowest BCUT2D eigenvalue weighted by Crippen LogP contribution is -2.16. The molecule has 0 amide bonds. The normalized spacial score (nSPS) is 11.4. The number of ether oxygens (including phenoxy) is 1. The van der Waals surface area contributed by atoms with Crippen LogP contribution in [-0.4, -0.2) is 15.0 Å². The monoisotopic (exact) mass is 281 g/mol. The summed E-state index contributed by atoms with van der Waals surface area (Å²) in [6, 6.07) is 3.28. The van der Waals surface area contributed by atoms with Gasteiger partial charge in [-0.1, -0.05) is 13.8 Å². The molecule has 0 saturated heterocycles. The van der Waals surface area contributed by atoms with Crippen LogP contribution in [0.2, 0.25) is 0 Å². The molecule has 0 aliphatic heterocycles. The van der Waals surface area contributed by atoms with Gasteiger partial charge in [0, 0.05) is 6.42 Å². The molecular weight excluding hydrogens is 262 g/mol. The van der Waals surface area contributed by atoms with Crippen LogP contribution in [0.15, 0.2) is 17.0 Å². The summed E-state index contributed by atoms with van der Waals surface area (Å²) in [5.41, 5.74) is 1.38. The number of nitrogens with two attached hydrogens (primary N) is 1. The van der Waals surface area contributed by atoms with Crippen molar-refractivity contribution < 1.29 is 13.2 Å². The molecule has 0 saturated carbocycles.